The van der Waals surface area contributed by atoms with Gasteiger partial charge in [0.1, 0.15) is 5.75 Å². The van der Waals surface area contributed by atoms with E-state index < -0.39 is 0 Å². The first kappa shape index (κ1) is 17.8. The summed E-state index contributed by atoms with van der Waals surface area (Å²) >= 11 is 0. The number of rotatable bonds is 5. The minimum absolute atomic E-state index is 0.00516. The van der Waals surface area contributed by atoms with Crippen LogP contribution in [0, 0.1) is 0 Å². The van der Waals surface area contributed by atoms with Crippen molar-refractivity contribution in [3.63, 3.8) is 0 Å². The predicted octanol–water partition coefficient (Wildman–Crippen LogP) is 3.18. The number of hydrogen-bond acceptors (Lipinski definition) is 3. The molecule has 1 fully saturated rings. The second-order valence-corrected chi connectivity index (χ2v) is 6.21. The van der Waals surface area contributed by atoms with Crippen LogP contribution in [0.15, 0.2) is 48.5 Å². The van der Waals surface area contributed by atoms with Gasteiger partial charge in [0.15, 0.2) is 0 Å². The van der Waals surface area contributed by atoms with Gasteiger partial charge in [0.25, 0.3) is 0 Å². The molecule has 6 heteroatoms. The summed E-state index contributed by atoms with van der Waals surface area (Å²) in [6.07, 6.45) is 1.12. The van der Waals surface area contributed by atoms with Crippen molar-refractivity contribution in [2.24, 2.45) is 0 Å². The fraction of sp³-hybridized carbons (Fsp3) is 0.300. The van der Waals surface area contributed by atoms with Crippen molar-refractivity contribution >= 4 is 23.3 Å². The van der Waals surface area contributed by atoms with Gasteiger partial charge >= 0.3 is 6.03 Å². The fourth-order valence-corrected chi connectivity index (χ4v) is 3.11. The number of urea groups is 1. The number of anilines is 2. The number of carbonyl (C=O) groups is 2. The summed E-state index contributed by atoms with van der Waals surface area (Å²) in [7, 11) is 1.60. The van der Waals surface area contributed by atoms with Crippen LogP contribution in [-0.2, 0) is 11.2 Å². The summed E-state index contributed by atoms with van der Waals surface area (Å²) in [4.78, 5) is 26.3. The maximum absolute atomic E-state index is 12.3. The molecule has 136 valence electrons. The zero-order valence-corrected chi connectivity index (χ0v) is 15.0. The summed E-state index contributed by atoms with van der Waals surface area (Å²) in [5.74, 6) is 0.735. The highest BCUT2D eigenvalue weighted by molar-refractivity contribution is 5.97. The van der Waals surface area contributed by atoms with Gasteiger partial charge in [0.2, 0.25) is 5.91 Å². The van der Waals surface area contributed by atoms with Crippen molar-refractivity contribution in [2.45, 2.75) is 25.8 Å². The number of benzene rings is 2. The number of amides is 3. The standard InChI is InChI=1S/C20H23N3O3/c1-3-14-6-4-5-7-18(14)22-20(25)21-15-12-19(24)23(13-15)16-8-10-17(26-2)11-9-16/h4-11,15H,3,12-13H2,1-2H3,(H2,21,22,25)/t15-/m0/s1. The van der Waals surface area contributed by atoms with Crippen LogP contribution in [-0.4, -0.2) is 31.6 Å². The van der Waals surface area contributed by atoms with Gasteiger partial charge in [0, 0.05) is 24.3 Å². The Bertz CT molecular complexity index is 789. The Kier molecular flexibility index (Phi) is 5.41. The van der Waals surface area contributed by atoms with Gasteiger partial charge < -0.3 is 20.3 Å². The molecule has 0 spiro atoms. The Morgan fingerprint density at radius 3 is 2.62 bits per heavy atom. The molecule has 0 unspecified atom stereocenters. The van der Waals surface area contributed by atoms with Crippen LogP contribution in [0.4, 0.5) is 16.2 Å². The Hall–Kier alpha value is -3.02. The van der Waals surface area contributed by atoms with E-state index in [1.54, 1.807) is 12.0 Å². The van der Waals surface area contributed by atoms with Crippen molar-refractivity contribution in [2.75, 3.05) is 23.9 Å². The number of ether oxygens (including phenoxy) is 1. The number of carbonyl (C=O) groups excluding carboxylic acids is 2. The molecule has 3 amide bonds. The maximum atomic E-state index is 12.3. The van der Waals surface area contributed by atoms with E-state index in [9.17, 15) is 9.59 Å². The van der Waals surface area contributed by atoms with Crippen LogP contribution in [0.3, 0.4) is 0 Å². The van der Waals surface area contributed by atoms with Crippen molar-refractivity contribution in [3.8, 4) is 5.75 Å². The van der Waals surface area contributed by atoms with Gasteiger partial charge in [-0.1, -0.05) is 25.1 Å². The average molecular weight is 353 g/mol. The highest BCUT2D eigenvalue weighted by Crippen LogP contribution is 2.24. The van der Waals surface area contributed by atoms with Crippen molar-refractivity contribution in [3.05, 3.63) is 54.1 Å². The summed E-state index contributed by atoms with van der Waals surface area (Å²) in [6, 6.07) is 14.5. The molecule has 1 saturated heterocycles. The van der Waals surface area contributed by atoms with E-state index in [0.29, 0.717) is 6.54 Å². The molecule has 1 atom stereocenters. The SMILES string of the molecule is CCc1ccccc1NC(=O)N[C@H]1CC(=O)N(c2ccc(OC)cc2)C1. The lowest BCUT2D eigenvalue weighted by molar-refractivity contribution is -0.117. The van der Waals surface area contributed by atoms with Crippen LogP contribution in [0.2, 0.25) is 0 Å². The molecule has 0 aromatic heterocycles. The highest BCUT2D eigenvalue weighted by atomic mass is 16.5. The van der Waals surface area contributed by atoms with E-state index in [-0.39, 0.29) is 24.4 Å². The number of para-hydroxylation sites is 1. The minimum atomic E-state index is -0.291. The van der Waals surface area contributed by atoms with E-state index in [2.05, 4.69) is 10.6 Å². The smallest absolute Gasteiger partial charge is 0.319 e. The highest BCUT2D eigenvalue weighted by Gasteiger charge is 2.31. The molecule has 1 aliphatic heterocycles. The quantitative estimate of drug-likeness (QED) is 0.867. The van der Waals surface area contributed by atoms with Gasteiger partial charge in [0.05, 0.1) is 13.2 Å². The second kappa shape index (κ2) is 7.91. The number of hydrogen-bond donors (Lipinski definition) is 2. The average Bonchev–Trinajstić information content (AvgIpc) is 3.02. The molecule has 6 nitrogen and oxygen atoms in total. The molecular weight excluding hydrogens is 330 g/mol. The molecule has 0 radical (unpaired) electrons. The van der Waals surface area contributed by atoms with Gasteiger partial charge in [-0.05, 0) is 42.3 Å². The third kappa shape index (κ3) is 3.96. The van der Waals surface area contributed by atoms with E-state index in [0.717, 1.165) is 29.1 Å². The van der Waals surface area contributed by atoms with Gasteiger partial charge in [-0.2, -0.15) is 0 Å². The molecule has 2 aromatic rings. The topological polar surface area (TPSA) is 70.7 Å². The normalized spacial score (nSPS) is 16.5. The first-order chi connectivity index (χ1) is 12.6. The number of nitrogens with one attached hydrogen (secondary N) is 2. The summed E-state index contributed by atoms with van der Waals surface area (Å²) < 4.78 is 5.14. The molecule has 26 heavy (non-hydrogen) atoms. The maximum Gasteiger partial charge on any atom is 0.319 e. The van der Waals surface area contributed by atoms with Crippen LogP contribution >= 0.6 is 0 Å². The molecule has 3 rings (SSSR count). The Labute approximate surface area is 153 Å². The monoisotopic (exact) mass is 353 g/mol. The van der Waals surface area contributed by atoms with Gasteiger partial charge in [-0.15, -0.1) is 0 Å². The van der Waals surface area contributed by atoms with Gasteiger partial charge in [-0.25, -0.2) is 4.79 Å². The molecule has 0 bridgehead atoms. The first-order valence-corrected chi connectivity index (χ1v) is 8.70. The Morgan fingerprint density at radius 1 is 1.19 bits per heavy atom. The predicted molar refractivity (Wildman–Crippen MR) is 102 cm³/mol. The molecule has 2 N–H and O–H groups in total. The van der Waals surface area contributed by atoms with Crippen molar-refractivity contribution in [1.29, 1.82) is 0 Å². The summed E-state index contributed by atoms with van der Waals surface area (Å²) in [5.41, 5.74) is 2.67. The molecule has 0 saturated carbocycles. The zero-order chi connectivity index (χ0) is 18.5. The van der Waals surface area contributed by atoms with Crippen LogP contribution < -0.4 is 20.3 Å². The molecule has 2 aromatic carbocycles. The van der Waals surface area contributed by atoms with Crippen molar-refractivity contribution < 1.29 is 14.3 Å². The lowest BCUT2D eigenvalue weighted by Crippen LogP contribution is -2.39. The third-order valence-electron chi connectivity index (χ3n) is 4.49. The largest absolute Gasteiger partial charge is 0.497 e. The lowest BCUT2D eigenvalue weighted by Gasteiger charge is -2.18. The van der Waals surface area contributed by atoms with Crippen molar-refractivity contribution in [1.82, 2.24) is 5.32 Å². The first-order valence-electron chi connectivity index (χ1n) is 8.70. The van der Waals surface area contributed by atoms with Crippen LogP contribution in [0.1, 0.15) is 18.9 Å². The number of aryl methyl sites for hydroxylation is 1. The van der Waals surface area contributed by atoms with E-state index in [1.807, 2.05) is 55.5 Å². The fourth-order valence-electron chi connectivity index (χ4n) is 3.11. The Balaban J connectivity index is 1.60. The number of nitrogens with zero attached hydrogens (tertiary/aromatic N) is 1. The van der Waals surface area contributed by atoms with Crippen LogP contribution in [0.25, 0.3) is 0 Å². The molecule has 1 aliphatic rings. The minimum Gasteiger partial charge on any atom is -0.497 e. The van der Waals surface area contributed by atoms with Gasteiger partial charge in [-0.3, -0.25) is 4.79 Å². The summed E-state index contributed by atoms with van der Waals surface area (Å²) in [5, 5.41) is 5.77. The second-order valence-electron chi connectivity index (χ2n) is 6.21. The summed E-state index contributed by atoms with van der Waals surface area (Å²) in [6.45, 7) is 2.49. The van der Waals surface area contributed by atoms with Crippen LogP contribution in [0.5, 0.6) is 5.75 Å². The lowest BCUT2D eigenvalue weighted by atomic mass is 10.1. The molecule has 1 heterocycles. The third-order valence-corrected chi connectivity index (χ3v) is 4.49. The number of methoxy groups -OCH3 is 1. The van der Waals surface area contributed by atoms with E-state index >= 15 is 0 Å². The molecule has 0 aliphatic carbocycles. The van der Waals surface area contributed by atoms with E-state index in [1.165, 1.54) is 0 Å². The van der Waals surface area contributed by atoms with E-state index in [4.69, 9.17) is 4.74 Å². The zero-order valence-electron chi connectivity index (χ0n) is 15.0. The molecular formula is C20H23N3O3. The Morgan fingerprint density at radius 2 is 1.92 bits per heavy atom.